The van der Waals surface area contributed by atoms with Gasteiger partial charge in [0.25, 0.3) is 5.91 Å². The van der Waals surface area contributed by atoms with Crippen LogP contribution < -0.4 is 5.32 Å². The monoisotopic (exact) mass is 399 g/mol. The lowest BCUT2D eigenvalue weighted by Gasteiger charge is -2.37. The summed E-state index contributed by atoms with van der Waals surface area (Å²) in [5.74, 6) is 1.74. The van der Waals surface area contributed by atoms with Crippen LogP contribution in [0.25, 0.3) is 11.0 Å². The van der Waals surface area contributed by atoms with E-state index in [1.807, 2.05) is 30.3 Å². The Morgan fingerprint density at radius 3 is 2.93 bits per heavy atom. The molecule has 7 heteroatoms. The highest BCUT2D eigenvalue weighted by Crippen LogP contribution is 2.39. The smallest absolute Gasteiger partial charge is 0.286 e. The summed E-state index contributed by atoms with van der Waals surface area (Å²) in [6.45, 7) is 0.996. The third-order valence-electron chi connectivity index (χ3n) is 5.78. The van der Waals surface area contributed by atoms with Gasteiger partial charge in [0.05, 0.1) is 24.2 Å². The maximum atomic E-state index is 12.7. The Morgan fingerprint density at radius 1 is 1.31 bits per heavy atom. The Kier molecular flexibility index (Phi) is 6.46. The number of nitrogens with zero attached hydrogens (tertiary/aromatic N) is 1. The van der Waals surface area contributed by atoms with Crippen LogP contribution in [0.1, 0.15) is 44.3 Å². The quantitative estimate of drug-likeness (QED) is 0.563. The van der Waals surface area contributed by atoms with Crippen molar-refractivity contribution >= 4 is 16.9 Å². The maximum Gasteiger partial charge on any atom is 0.286 e. The van der Waals surface area contributed by atoms with E-state index < -0.39 is 6.29 Å². The molecule has 2 aromatic rings. The summed E-state index contributed by atoms with van der Waals surface area (Å²) >= 11 is 0. The number of aliphatic hydroxyl groups excluding tert-OH is 1. The second kappa shape index (κ2) is 9.41. The molecule has 156 valence electrons. The summed E-state index contributed by atoms with van der Waals surface area (Å²) in [6, 6.07) is 7.78. The molecular weight excluding hydrogens is 370 g/mol. The van der Waals surface area contributed by atoms with E-state index in [9.17, 15) is 4.79 Å². The highest BCUT2D eigenvalue weighted by molar-refractivity contribution is 5.91. The van der Waals surface area contributed by atoms with Gasteiger partial charge in [0.15, 0.2) is 5.76 Å². The molecule has 7 nitrogen and oxygen atoms in total. The van der Waals surface area contributed by atoms with Crippen LogP contribution in [0.5, 0.6) is 0 Å². The van der Waals surface area contributed by atoms with Gasteiger partial charge in [0.1, 0.15) is 5.82 Å². The van der Waals surface area contributed by atoms with Crippen molar-refractivity contribution in [3.05, 3.63) is 41.9 Å². The number of benzene rings is 1. The van der Waals surface area contributed by atoms with E-state index in [1.54, 1.807) is 0 Å². The van der Waals surface area contributed by atoms with E-state index in [1.165, 1.54) is 19.3 Å². The zero-order valence-electron chi connectivity index (χ0n) is 16.6. The predicted octanol–water partition coefficient (Wildman–Crippen LogP) is 3.01. The summed E-state index contributed by atoms with van der Waals surface area (Å²) in [6.07, 6.45) is 7.50. The van der Waals surface area contributed by atoms with Crippen molar-refractivity contribution < 1.29 is 19.4 Å². The summed E-state index contributed by atoms with van der Waals surface area (Å²) in [4.78, 5) is 20.5. The van der Waals surface area contributed by atoms with E-state index in [0.717, 1.165) is 23.9 Å². The number of aliphatic hydroxyl groups is 1. The van der Waals surface area contributed by atoms with Crippen molar-refractivity contribution in [1.82, 2.24) is 15.3 Å². The van der Waals surface area contributed by atoms with Gasteiger partial charge < -0.3 is 24.9 Å². The number of carbonyl (C=O) groups excluding carboxylic acids is 1. The van der Waals surface area contributed by atoms with Gasteiger partial charge in [-0.15, -0.1) is 0 Å². The number of allylic oxidation sites excluding steroid dienone is 1. The number of para-hydroxylation sites is 2. The zero-order valence-corrected chi connectivity index (χ0v) is 16.6. The number of fused-ring (bicyclic) bond motifs is 1. The fraction of sp³-hybridized carbons (Fsp3) is 0.545. The van der Waals surface area contributed by atoms with Gasteiger partial charge in [-0.2, -0.15) is 0 Å². The molecule has 1 aromatic carbocycles. The SMILES string of the molecule is O=C(NCc1nc2ccccc2[nH]1)C1=C[C@H](C2CCC2)C[C@H](OCCCCO)O1. The first-order chi connectivity index (χ1) is 14.2. The number of nitrogens with one attached hydrogen (secondary N) is 2. The molecule has 4 rings (SSSR count). The molecule has 2 atom stereocenters. The van der Waals surface area contributed by atoms with Crippen molar-refractivity contribution in [2.45, 2.75) is 51.4 Å². The zero-order chi connectivity index (χ0) is 20.1. The molecule has 0 bridgehead atoms. The Bertz CT molecular complexity index is 826. The van der Waals surface area contributed by atoms with Crippen LogP contribution in [-0.2, 0) is 20.8 Å². The predicted molar refractivity (Wildman–Crippen MR) is 109 cm³/mol. The van der Waals surface area contributed by atoms with Crippen LogP contribution >= 0.6 is 0 Å². The van der Waals surface area contributed by atoms with Crippen molar-refractivity contribution in [1.29, 1.82) is 0 Å². The standard InChI is InChI=1S/C22H29N3O4/c26-10-3-4-11-28-21-13-16(15-6-5-7-15)12-19(29-21)22(27)23-14-20-24-17-8-1-2-9-18(17)25-20/h1-2,8-9,12,15-16,21,26H,3-7,10-11,13-14H2,(H,23,27)(H,24,25)/t16-,21+/m0/s1. The number of aromatic amines is 1. The molecule has 1 aliphatic heterocycles. The third-order valence-corrected chi connectivity index (χ3v) is 5.78. The lowest BCUT2D eigenvalue weighted by atomic mass is 9.73. The van der Waals surface area contributed by atoms with Gasteiger partial charge in [0.2, 0.25) is 6.29 Å². The number of H-pyrrole nitrogens is 1. The van der Waals surface area contributed by atoms with Crippen molar-refractivity contribution in [3.8, 4) is 0 Å². The molecular formula is C22H29N3O4. The van der Waals surface area contributed by atoms with Gasteiger partial charge in [0, 0.05) is 13.0 Å². The van der Waals surface area contributed by atoms with Crippen LogP contribution in [0, 0.1) is 11.8 Å². The van der Waals surface area contributed by atoms with E-state index in [4.69, 9.17) is 14.6 Å². The molecule has 0 spiro atoms. The lowest BCUT2D eigenvalue weighted by molar-refractivity contribution is -0.152. The highest BCUT2D eigenvalue weighted by Gasteiger charge is 2.34. The fourth-order valence-electron chi connectivity index (χ4n) is 3.91. The number of unbranched alkanes of at least 4 members (excludes halogenated alkanes) is 1. The van der Waals surface area contributed by atoms with Crippen molar-refractivity contribution in [3.63, 3.8) is 0 Å². The molecule has 1 aromatic heterocycles. The Morgan fingerprint density at radius 2 is 2.17 bits per heavy atom. The van der Waals surface area contributed by atoms with Crippen LogP contribution in [0.2, 0.25) is 0 Å². The summed E-state index contributed by atoms with van der Waals surface area (Å²) < 4.78 is 11.7. The van der Waals surface area contributed by atoms with Crippen LogP contribution in [-0.4, -0.2) is 40.5 Å². The molecule has 3 N–H and O–H groups in total. The summed E-state index contributed by atoms with van der Waals surface area (Å²) in [7, 11) is 0. The normalized spacial score (nSPS) is 22.0. The maximum absolute atomic E-state index is 12.7. The molecule has 0 unspecified atom stereocenters. The summed E-state index contributed by atoms with van der Waals surface area (Å²) in [5, 5.41) is 11.8. The number of imidazole rings is 1. The Hall–Kier alpha value is -2.38. The van der Waals surface area contributed by atoms with E-state index >= 15 is 0 Å². The molecule has 1 aliphatic carbocycles. The van der Waals surface area contributed by atoms with Crippen LogP contribution in [0.3, 0.4) is 0 Å². The lowest BCUT2D eigenvalue weighted by Crippen LogP contribution is -2.36. The minimum Gasteiger partial charge on any atom is -0.459 e. The molecule has 1 amide bonds. The van der Waals surface area contributed by atoms with Gasteiger partial charge in [-0.3, -0.25) is 4.79 Å². The van der Waals surface area contributed by atoms with E-state index in [-0.39, 0.29) is 12.5 Å². The first kappa shape index (κ1) is 19.9. The average molecular weight is 399 g/mol. The number of hydrogen-bond donors (Lipinski definition) is 3. The number of carbonyl (C=O) groups is 1. The highest BCUT2D eigenvalue weighted by atomic mass is 16.7. The first-order valence-electron chi connectivity index (χ1n) is 10.6. The summed E-state index contributed by atoms with van der Waals surface area (Å²) in [5.41, 5.74) is 1.83. The van der Waals surface area contributed by atoms with E-state index in [0.29, 0.717) is 43.0 Å². The minimum atomic E-state index is -0.406. The van der Waals surface area contributed by atoms with Gasteiger partial charge in [-0.25, -0.2) is 4.98 Å². The molecule has 1 saturated carbocycles. The number of hydrogen-bond acceptors (Lipinski definition) is 5. The number of aromatic nitrogens is 2. The van der Waals surface area contributed by atoms with E-state index in [2.05, 4.69) is 15.3 Å². The largest absolute Gasteiger partial charge is 0.459 e. The number of amides is 1. The molecule has 1 fully saturated rings. The molecule has 2 aliphatic rings. The number of rotatable bonds is 9. The van der Waals surface area contributed by atoms with Gasteiger partial charge in [-0.1, -0.05) is 18.6 Å². The molecule has 0 saturated heterocycles. The van der Waals surface area contributed by atoms with Crippen molar-refractivity contribution in [2.24, 2.45) is 11.8 Å². The topological polar surface area (TPSA) is 96.5 Å². The fourth-order valence-corrected chi connectivity index (χ4v) is 3.91. The van der Waals surface area contributed by atoms with Gasteiger partial charge in [-0.05, 0) is 55.7 Å². The van der Waals surface area contributed by atoms with Crippen LogP contribution in [0.4, 0.5) is 0 Å². The second-order valence-corrected chi connectivity index (χ2v) is 7.85. The van der Waals surface area contributed by atoms with Gasteiger partial charge >= 0.3 is 0 Å². The Labute approximate surface area is 170 Å². The average Bonchev–Trinajstić information content (AvgIpc) is 3.11. The third kappa shape index (κ3) is 4.97. The Balaban J connectivity index is 1.37. The first-order valence-corrected chi connectivity index (χ1v) is 10.6. The second-order valence-electron chi connectivity index (χ2n) is 7.85. The number of ether oxygens (including phenoxy) is 2. The van der Waals surface area contributed by atoms with Crippen molar-refractivity contribution in [2.75, 3.05) is 13.2 Å². The van der Waals surface area contributed by atoms with Crippen LogP contribution in [0.15, 0.2) is 36.1 Å². The molecule has 0 radical (unpaired) electrons. The molecule has 29 heavy (non-hydrogen) atoms. The minimum absolute atomic E-state index is 0.162. The molecule has 2 heterocycles.